The number of amides is 1. The number of halogens is 1. The fourth-order valence-corrected chi connectivity index (χ4v) is 4.46. The first-order valence-electron chi connectivity index (χ1n) is 8.87. The van der Waals surface area contributed by atoms with Crippen LogP contribution in [0.1, 0.15) is 31.7 Å². The zero-order valence-corrected chi connectivity index (χ0v) is 16.9. The van der Waals surface area contributed by atoms with E-state index in [1.54, 1.807) is 13.0 Å². The molecule has 146 valence electrons. The fraction of sp³-hybridized carbons (Fsp3) is 0.611. The van der Waals surface area contributed by atoms with Crippen LogP contribution in [-0.4, -0.2) is 57.7 Å². The first kappa shape index (κ1) is 21.2. The normalized spacial score (nSPS) is 17.2. The minimum Gasteiger partial charge on any atom is -0.381 e. The van der Waals surface area contributed by atoms with E-state index in [1.807, 2.05) is 18.2 Å². The van der Waals surface area contributed by atoms with Crippen LogP contribution in [0.15, 0.2) is 24.3 Å². The molecule has 2 rings (SSSR count). The Morgan fingerprint density at radius 2 is 2.04 bits per heavy atom. The Bertz CT molecular complexity index is 718. The molecule has 0 aliphatic carbocycles. The molecule has 0 saturated carbocycles. The second kappa shape index (κ2) is 9.17. The smallest absolute Gasteiger partial charge is 0.230 e. The van der Waals surface area contributed by atoms with Gasteiger partial charge in [0.05, 0.1) is 11.7 Å². The van der Waals surface area contributed by atoms with Gasteiger partial charge in [0.2, 0.25) is 15.9 Å². The van der Waals surface area contributed by atoms with Crippen molar-refractivity contribution in [3.8, 4) is 0 Å². The number of hydrogen-bond acceptors (Lipinski definition) is 4. The number of nitrogens with one attached hydrogen (secondary N) is 1. The van der Waals surface area contributed by atoms with E-state index in [0.29, 0.717) is 57.1 Å². The summed E-state index contributed by atoms with van der Waals surface area (Å²) in [6, 6.07) is 7.42. The van der Waals surface area contributed by atoms with Crippen molar-refractivity contribution in [1.29, 1.82) is 0 Å². The molecule has 26 heavy (non-hydrogen) atoms. The van der Waals surface area contributed by atoms with Gasteiger partial charge in [0.15, 0.2) is 0 Å². The van der Waals surface area contributed by atoms with Gasteiger partial charge >= 0.3 is 0 Å². The van der Waals surface area contributed by atoms with Gasteiger partial charge in [-0.2, -0.15) is 0 Å². The standard InChI is InChI=1S/C18H27ClN2O4S/c1-3-21(26(2,23)24)11-5-10-20-17(22)18(8-12-25-13-9-18)15-6-4-7-16(19)14-15/h4,6-7,14H,3,5,8-13H2,1-2H3,(H,20,22). The molecule has 1 N–H and O–H groups in total. The number of benzene rings is 1. The maximum absolute atomic E-state index is 13.0. The van der Waals surface area contributed by atoms with E-state index < -0.39 is 15.4 Å². The van der Waals surface area contributed by atoms with Gasteiger partial charge in [-0.15, -0.1) is 0 Å². The average molecular weight is 403 g/mol. The topological polar surface area (TPSA) is 75.7 Å². The highest BCUT2D eigenvalue weighted by Crippen LogP contribution is 2.36. The van der Waals surface area contributed by atoms with Crippen molar-refractivity contribution >= 4 is 27.5 Å². The number of carbonyl (C=O) groups excluding carboxylic acids is 1. The van der Waals surface area contributed by atoms with E-state index in [1.165, 1.54) is 10.6 Å². The molecule has 1 fully saturated rings. The Hall–Kier alpha value is -1.15. The lowest BCUT2D eigenvalue weighted by Gasteiger charge is -2.36. The molecule has 1 saturated heterocycles. The van der Waals surface area contributed by atoms with Crippen LogP contribution in [0.2, 0.25) is 5.02 Å². The largest absolute Gasteiger partial charge is 0.381 e. The molecule has 0 radical (unpaired) electrons. The Balaban J connectivity index is 2.02. The molecule has 0 spiro atoms. The highest BCUT2D eigenvalue weighted by atomic mass is 35.5. The molecule has 6 nitrogen and oxygen atoms in total. The maximum Gasteiger partial charge on any atom is 0.230 e. The maximum atomic E-state index is 13.0. The summed E-state index contributed by atoms with van der Waals surface area (Å²) in [5.74, 6) is -0.0505. The zero-order valence-electron chi connectivity index (χ0n) is 15.3. The Kier molecular flexibility index (Phi) is 7.46. The van der Waals surface area contributed by atoms with Crippen molar-refractivity contribution in [1.82, 2.24) is 9.62 Å². The first-order valence-corrected chi connectivity index (χ1v) is 11.1. The highest BCUT2D eigenvalue weighted by Gasteiger charge is 2.41. The molecule has 1 aliphatic rings. The molecule has 1 aromatic carbocycles. The van der Waals surface area contributed by atoms with Crippen LogP contribution in [0.3, 0.4) is 0 Å². The predicted molar refractivity (Wildman–Crippen MR) is 103 cm³/mol. The van der Waals surface area contributed by atoms with Crippen LogP contribution in [-0.2, 0) is 25.0 Å². The number of sulfonamides is 1. The Labute approximate surface area is 160 Å². The minimum atomic E-state index is -3.21. The molecule has 1 amide bonds. The van der Waals surface area contributed by atoms with Gasteiger partial charge in [0.25, 0.3) is 0 Å². The molecular formula is C18H27ClN2O4S. The number of rotatable bonds is 8. The van der Waals surface area contributed by atoms with Gasteiger partial charge in [-0.1, -0.05) is 30.7 Å². The number of carbonyl (C=O) groups is 1. The average Bonchev–Trinajstić information content (AvgIpc) is 2.61. The molecular weight excluding hydrogens is 376 g/mol. The van der Waals surface area contributed by atoms with Crippen LogP contribution in [0.4, 0.5) is 0 Å². The quantitative estimate of drug-likeness (QED) is 0.676. The summed E-state index contributed by atoms with van der Waals surface area (Å²) < 4.78 is 30.1. The van der Waals surface area contributed by atoms with E-state index in [9.17, 15) is 13.2 Å². The Morgan fingerprint density at radius 3 is 2.62 bits per heavy atom. The van der Waals surface area contributed by atoms with Gasteiger partial charge in [0.1, 0.15) is 0 Å². The summed E-state index contributed by atoms with van der Waals surface area (Å²) in [5, 5.41) is 3.59. The summed E-state index contributed by atoms with van der Waals surface area (Å²) in [5.41, 5.74) is 0.252. The monoisotopic (exact) mass is 402 g/mol. The van der Waals surface area contributed by atoms with Gasteiger partial charge in [-0.05, 0) is 37.0 Å². The minimum absolute atomic E-state index is 0.0505. The van der Waals surface area contributed by atoms with Crippen molar-refractivity contribution < 1.29 is 17.9 Å². The van der Waals surface area contributed by atoms with Crippen LogP contribution >= 0.6 is 11.6 Å². The number of ether oxygens (including phenoxy) is 1. The molecule has 0 atom stereocenters. The second-order valence-electron chi connectivity index (χ2n) is 6.57. The predicted octanol–water partition coefficient (Wildman–Crippen LogP) is 2.18. The van der Waals surface area contributed by atoms with E-state index in [0.717, 1.165) is 5.56 Å². The summed E-state index contributed by atoms with van der Waals surface area (Å²) in [6.07, 6.45) is 2.97. The lowest BCUT2D eigenvalue weighted by molar-refractivity contribution is -0.130. The van der Waals surface area contributed by atoms with Gasteiger partial charge in [0, 0.05) is 37.9 Å². The number of nitrogens with zero attached hydrogens (tertiary/aromatic N) is 1. The molecule has 1 aliphatic heterocycles. The molecule has 1 aromatic rings. The van der Waals surface area contributed by atoms with Crippen LogP contribution in [0, 0.1) is 0 Å². The SMILES string of the molecule is CCN(CCCNC(=O)C1(c2cccc(Cl)c2)CCOCC1)S(C)(=O)=O. The van der Waals surface area contributed by atoms with Crippen LogP contribution < -0.4 is 5.32 Å². The summed E-state index contributed by atoms with van der Waals surface area (Å²) in [6.45, 7) is 4.10. The van der Waals surface area contributed by atoms with Crippen molar-refractivity contribution in [3.05, 3.63) is 34.9 Å². The zero-order chi connectivity index (χ0) is 19.2. The molecule has 0 aromatic heterocycles. The van der Waals surface area contributed by atoms with E-state index >= 15 is 0 Å². The summed E-state index contributed by atoms with van der Waals surface area (Å²) in [7, 11) is -3.21. The highest BCUT2D eigenvalue weighted by molar-refractivity contribution is 7.88. The van der Waals surface area contributed by atoms with Crippen molar-refractivity contribution in [2.45, 2.75) is 31.6 Å². The third-order valence-electron chi connectivity index (χ3n) is 4.85. The van der Waals surface area contributed by atoms with Crippen LogP contribution in [0.25, 0.3) is 0 Å². The fourth-order valence-electron chi connectivity index (χ4n) is 3.34. The van der Waals surface area contributed by atoms with Gasteiger partial charge in [-0.25, -0.2) is 12.7 Å². The van der Waals surface area contributed by atoms with E-state index in [4.69, 9.17) is 16.3 Å². The second-order valence-corrected chi connectivity index (χ2v) is 8.99. The third kappa shape index (κ3) is 5.19. The lowest BCUT2D eigenvalue weighted by Crippen LogP contribution is -2.48. The summed E-state index contributed by atoms with van der Waals surface area (Å²) >= 11 is 6.13. The molecule has 8 heteroatoms. The van der Waals surface area contributed by atoms with Crippen molar-refractivity contribution in [2.24, 2.45) is 0 Å². The molecule has 0 bridgehead atoms. The van der Waals surface area contributed by atoms with Gasteiger partial charge < -0.3 is 10.1 Å². The molecule has 0 unspecified atom stereocenters. The van der Waals surface area contributed by atoms with Crippen molar-refractivity contribution in [3.63, 3.8) is 0 Å². The lowest BCUT2D eigenvalue weighted by atomic mass is 9.73. The molecule has 1 heterocycles. The van der Waals surface area contributed by atoms with E-state index in [2.05, 4.69) is 5.32 Å². The van der Waals surface area contributed by atoms with E-state index in [-0.39, 0.29) is 5.91 Å². The van der Waals surface area contributed by atoms with Gasteiger partial charge in [-0.3, -0.25) is 4.79 Å². The van der Waals surface area contributed by atoms with Crippen molar-refractivity contribution in [2.75, 3.05) is 39.1 Å². The summed E-state index contributed by atoms with van der Waals surface area (Å²) in [4.78, 5) is 13.0. The number of hydrogen-bond donors (Lipinski definition) is 1. The first-order chi connectivity index (χ1) is 12.3. The third-order valence-corrected chi connectivity index (χ3v) is 6.46. The Morgan fingerprint density at radius 1 is 1.35 bits per heavy atom. The van der Waals surface area contributed by atoms with Crippen LogP contribution in [0.5, 0.6) is 0 Å².